The standard InChI is InChI=1S/C17H16F4N2O/c1-10(23(2)9-11-5-3-4-6-12(11)18)17(24)22-14-8-7-13(19)15(20)16(14)21/h3-8,10H,9H2,1-2H3,(H,22,24)/p+1/t10-/m0/s1. The van der Waals surface area contributed by atoms with E-state index < -0.39 is 35.1 Å². The summed E-state index contributed by atoms with van der Waals surface area (Å²) in [6.07, 6.45) is 0. The van der Waals surface area contributed by atoms with Crippen molar-refractivity contribution in [3.05, 3.63) is 65.2 Å². The van der Waals surface area contributed by atoms with Gasteiger partial charge in [-0.3, -0.25) is 4.79 Å². The monoisotopic (exact) mass is 341 g/mol. The molecule has 0 bridgehead atoms. The van der Waals surface area contributed by atoms with E-state index >= 15 is 0 Å². The molecule has 3 nitrogen and oxygen atoms in total. The van der Waals surface area contributed by atoms with Gasteiger partial charge in [-0.15, -0.1) is 0 Å². The number of likely N-dealkylation sites (N-methyl/N-ethyl adjacent to an activating group) is 1. The number of benzene rings is 2. The predicted octanol–water partition coefficient (Wildman–Crippen LogP) is 2.28. The first-order chi connectivity index (χ1) is 11.3. The van der Waals surface area contributed by atoms with Crippen molar-refractivity contribution in [2.24, 2.45) is 0 Å². The molecule has 2 aromatic carbocycles. The van der Waals surface area contributed by atoms with Gasteiger partial charge < -0.3 is 10.2 Å². The van der Waals surface area contributed by atoms with Gasteiger partial charge in [0.1, 0.15) is 12.4 Å². The van der Waals surface area contributed by atoms with E-state index in [4.69, 9.17) is 0 Å². The summed E-state index contributed by atoms with van der Waals surface area (Å²) in [6.45, 7) is 1.81. The smallest absolute Gasteiger partial charge is 0.282 e. The normalized spacial score (nSPS) is 13.4. The van der Waals surface area contributed by atoms with Crippen LogP contribution >= 0.6 is 0 Å². The first-order valence-corrected chi connectivity index (χ1v) is 7.31. The Morgan fingerprint density at radius 1 is 1.04 bits per heavy atom. The maximum Gasteiger partial charge on any atom is 0.282 e. The van der Waals surface area contributed by atoms with Gasteiger partial charge in [-0.1, -0.05) is 18.2 Å². The number of hydrogen-bond donors (Lipinski definition) is 2. The van der Waals surface area contributed by atoms with Crippen molar-refractivity contribution in [3.8, 4) is 0 Å². The number of carbonyl (C=O) groups excluding carboxylic acids is 1. The van der Waals surface area contributed by atoms with Crippen LogP contribution in [-0.2, 0) is 11.3 Å². The van der Waals surface area contributed by atoms with Crippen LogP contribution in [0, 0.1) is 23.3 Å². The molecule has 0 heterocycles. The molecule has 2 atom stereocenters. The lowest BCUT2D eigenvalue weighted by molar-refractivity contribution is -0.908. The van der Waals surface area contributed by atoms with E-state index in [2.05, 4.69) is 5.32 Å². The average molecular weight is 341 g/mol. The first kappa shape index (κ1) is 17.9. The molecule has 0 aromatic heterocycles. The molecule has 7 heteroatoms. The third-order valence-corrected chi connectivity index (χ3v) is 3.85. The number of carbonyl (C=O) groups is 1. The second kappa shape index (κ2) is 7.44. The van der Waals surface area contributed by atoms with Crippen molar-refractivity contribution in [2.75, 3.05) is 12.4 Å². The Kier molecular flexibility index (Phi) is 5.56. The van der Waals surface area contributed by atoms with E-state index in [-0.39, 0.29) is 12.4 Å². The van der Waals surface area contributed by atoms with Crippen molar-refractivity contribution < 1.29 is 27.3 Å². The van der Waals surface area contributed by atoms with Gasteiger partial charge in [0, 0.05) is 5.56 Å². The molecule has 2 aromatic rings. The van der Waals surface area contributed by atoms with E-state index in [0.717, 1.165) is 12.1 Å². The molecule has 128 valence electrons. The van der Waals surface area contributed by atoms with Crippen molar-refractivity contribution in [1.29, 1.82) is 0 Å². The fourth-order valence-electron chi connectivity index (χ4n) is 2.18. The van der Waals surface area contributed by atoms with Crippen LogP contribution in [-0.4, -0.2) is 19.0 Å². The number of rotatable bonds is 5. The minimum absolute atomic E-state index is 0.238. The molecule has 2 rings (SSSR count). The topological polar surface area (TPSA) is 33.5 Å². The Balaban J connectivity index is 2.07. The van der Waals surface area contributed by atoms with Gasteiger partial charge in [0.05, 0.1) is 12.7 Å². The van der Waals surface area contributed by atoms with E-state index in [9.17, 15) is 22.4 Å². The Bertz CT molecular complexity index is 751. The molecular weight excluding hydrogens is 324 g/mol. The molecule has 0 saturated carbocycles. The van der Waals surface area contributed by atoms with Crippen LogP contribution in [0.5, 0.6) is 0 Å². The van der Waals surface area contributed by atoms with Crippen molar-refractivity contribution >= 4 is 11.6 Å². The van der Waals surface area contributed by atoms with Gasteiger partial charge in [0.15, 0.2) is 23.5 Å². The summed E-state index contributed by atoms with van der Waals surface area (Å²) in [4.78, 5) is 12.8. The molecule has 0 fully saturated rings. The summed E-state index contributed by atoms with van der Waals surface area (Å²) in [5.41, 5.74) is -0.00176. The Hall–Kier alpha value is -2.41. The lowest BCUT2D eigenvalue weighted by Gasteiger charge is -2.21. The third-order valence-electron chi connectivity index (χ3n) is 3.85. The van der Waals surface area contributed by atoms with Gasteiger partial charge in [-0.2, -0.15) is 0 Å². The Morgan fingerprint density at radius 3 is 2.38 bits per heavy atom. The van der Waals surface area contributed by atoms with Crippen LogP contribution < -0.4 is 10.2 Å². The summed E-state index contributed by atoms with van der Waals surface area (Å²) in [6, 6.07) is 7.20. The van der Waals surface area contributed by atoms with Crippen LogP contribution in [0.1, 0.15) is 12.5 Å². The number of halogens is 4. The second-order valence-corrected chi connectivity index (χ2v) is 5.55. The summed E-state index contributed by atoms with van der Waals surface area (Å²) in [5, 5.41) is 2.22. The predicted molar refractivity (Wildman–Crippen MR) is 81.4 cm³/mol. The van der Waals surface area contributed by atoms with Gasteiger partial charge in [0.25, 0.3) is 5.91 Å². The van der Waals surface area contributed by atoms with Gasteiger partial charge in [0.2, 0.25) is 0 Å². The Labute approximate surface area is 136 Å². The molecule has 2 N–H and O–H groups in total. The summed E-state index contributed by atoms with van der Waals surface area (Å²) in [7, 11) is 1.68. The van der Waals surface area contributed by atoms with Crippen LogP contribution in [0.25, 0.3) is 0 Å². The van der Waals surface area contributed by atoms with Crippen LogP contribution in [0.2, 0.25) is 0 Å². The lowest BCUT2D eigenvalue weighted by atomic mass is 10.1. The molecule has 0 aliphatic rings. The number of nitrogens with one attached hydrogen (secondary N) is 2. The maximum absolute atomic E-state index is 13.7. The van der Waals surface area contributed by atoms with E-state index in [0.29, 0.717) is 10.5 Å². The zero-order chi connectivity index (χ0) is 17.9. The van der Waals surface area contributed by atoms with E-state index in [1.54, 1.807) is 32.2 Å². The molecule has 0 aliphatic heterocycles. The molecule has 24 heavy (non-hydrogen) atoms. The highest BCUT2D eigenvalue weighted by Gasteiger charge is 2.24. The average Bonchev–Trinajstić information content (AvgIpc) is 2.56. The number of quaternary nitrogens is 1. The third kappa shape index (κ3) is 3.91. The highest BCUT2D eigenvalue weighted by Crippen LogP contribution is 2.19. The molecule has 0 aliphatic carbocycles. The van der Waals surface area contributed by atoms with Crippen LogP contribution in [0.3, 0.4) is 0 Å². The zero-order valence-corrected chi connectivity index (χ0v) is 13.2. The molecule has 0 saturated heterocycles. The van der Waals surface area contributed by atoms with Crippen LogP contribution in [0.15, 0.2) is 36.4 Å². The quantitative estimate of drug-likeness (QED) is 0.635. The molecular formula is C17H17F4N2O+. The maximum atomic E-state index is 13.7. The summed E-state index contributed by atoms with van der Waals surface area (Å²) < 4.78 is 53.3. The fourth-order valence-corrected chi connectivity index (χ4v) is 2.18. The lowest BCUT2D eigenvalue weighted by Crippen LogP contribution is -3.12. The highest BCUT2D eigenvalue weighted by molar-refractivity contribution is 5.93. The van der Waals surface area contributed by atoms with E-state index in [1.165, 1.54) is 6.07 Å². The first-order valence-electron chi connectivity index (χ1n) is 7.31. The summed E-state index contributed by atoms with van der Waals surface area (Å²) >= 11 is 0. The molecule has 1 unspecified atom stereocenters. The SMILES string of the molecule is C[C@@H](C(=O)Nc1ccc(F)c(F)c1F)[NH+](C)Cc1ccccc1F. The minimum atomic E-state index is -1.65. The molecule has 0 spiro atoms. The van der Waals surface area contributed by atoms with Gasteiger partial charge >= 0.3 is 0 Å². The summed E-state index contributed by atoms with van der Waals surface area (Å²) in [5.74, 6) is -5.40. The van der Waals surface area contributed by atoms with Crippen molar-refractivity contribution in [3.63, 3.8) is 0 Å². The van der Waals surface area contributed by atoms with Gasteiger partial charge in [-0.25, -0.2) is 17.6 Å². The van der Waals surface area contributed by atoms with Crippen molar-refractivity contribution in [1.82, 2.24) is 0 Å². The second-order valence-electron chi connectivity index (χ2n) is 5.55. The largest absolute Gasteiger partial charge is 0.324 e. The zero-order valence-electron chi connectivity index (χ0n) is 13.2. The van der Waals surface area contributed by atoms with Crippen molar-refractivity contribution in [2.45, 2.75) is 19.5 Å². The van der Waals surface area contributed by atoms with Gasteiger partial charge in [-0.05, 0) is 25.1 Å². The van der Waals surface area contributed by atoms with Crippen LogP contribution in [0.4, 0.5) is 23.2 Å². The minimum Gasteiger partial charge on any atom is -0.324 e. The van der Waals surface area contributed by atoms with E-state index in [1.807, 2.05) is 0 Å². The number of hydrogen-bond acceptors (Lipinski definition) is 1. The molecule has 1 amide bonds. The Morgan fingerprint density at radius 2 is 1.71 bits per heavy atom. The fraction of sp³-hybridized carbons (Fsp3) is 0.235. The molecule has 0 radical (unpaired) electrons. The highest BCUT2D eigenvalue weighted by atomic mass is 19.2. The number of amides is 1. The number of anilines is 1.